The van der Waals surface area contributed by atoms with E-state index in [-0.39, 0.29) is 0 Å². The summed E-state index contributed by atoms with van der Waals surface area (Å²) in [6.45, 7) is 6.00. The predicted molar refractivity (Wildman–Crippen MR) is 74.8 cm³/mol. The zero-order chi connectivity index (χ0) is 11.9. The van der Waals surface area contributed by atoms with E-state index >= 15 is 0 Å². The number of hydrogen-bond donors (Lipinski definition) is 1. The van der Waals surface area contributed by atoms with Gasteiger partial charge in [0.2, 0.25) is 0 Å². The Balaban J connectivity index is 1.43. The minimum atomic E-state index is 0.776. The highest BCUT2D eigenvalue weighted by atomic mass is 32.2. The Kier molecular flexibility index (Phi) is 5.65. The van der Waals surface area contributed by atoms with Gasteiger partial charge in [0, 0.05) is 25.0 Å². The van der Waals surface area contributed by atoms with Crippen LogP contribution in [0.4, 0.5) is 0 Å². The van der Waals surface area contributed by atoms with Crippen LogP contribution in [0.5, 0.6) is 0 Å². The molecule has 98 valence electrons. The van der Waals surface area contributed by atoms with Gasteiger partial charge < -0.3 is 10.1 Å². The Morgan fingerprint density at radius 3 is 2.94 bits per heavy atom. The minimum absolute atomic E-state index is 0.776. The molecule has 0 spiro atoms. The van der Waals surface area contributed by atoms with Crippen LogP contribution in [0.1, 0.15) is 39.0 Å². The second kappa shape index (κ2) is 7.27. The van der Waals surface area contributed by atoms with E-state index in [1.54, 1.807) is 0 Å². The van der Waals surface area contributed by atoms with Crippen LogP contribution in [0, 0.1) is 5.92 Å². The van der Waals surface area contributed by atoms with Gasteiger partial charge in [-0.05, 0) is 31.6 Å². The summed E-state index contributed by atoms with van der Waals surface area (Å²) in [7, 11) is 0. The highest BCUT2D eigenvalue weighted by Gasteiger charge is 2.35. The molecule has 1 atom stereocenters. The van der Waals surface area contributed by atoms with Gasteiger partial charge in [-0.2, -0.15) is 0 Å². The topological polar surface area (TPSA) is 33.6 Å². The summed E-state index contributed by atoms with van der Waals surface area (Å²) in [6.07, 6.45) is 6.32. The van der Waals surface area contributed by atoms with Crippen LogP contribution in [0.3, 0.4) is 0 Å². The maximum Gasteiger partial charge on any atom is 0.156 e. The third-order valence-electron chi connectivity index (χ3n) is 3.21. The number of unbranched alkanes of at least 4 members (excludes halogenated alkanes) is 1. The van der Waals surface area contributed by atoms with E-state index in [0.717, 1.165) is 49.1 Å². The molecule has 1 aliphatic carbocycles. The lowest BCUT2D eigenvalue weighted by Gasteiger charge is -2.08. The van der Waals surface area contributed by atoms with Crippen molar-refractivity contribution in [3.05, 3.63) is 0 Å². The first-order valence-corrected chi connectivity index (χ1v) is 7.81. The molecule has 0 aromatic heterocycles. The third kappa shape index (κ3) is 4.88. The Morgan fingerprint density at radius 2 is 2.18 bits per heavy atom. The van der Waals surface area contributed by atoms with E-state index < -0.39 is 0 Å². The normalized spacial score (nSPS) is 23.8. The van der Waals surface area contributed by atoms with Crippen molar-refractivity contribution in [2.24, 2.45) is 10.9 Å². The zero-order valence-corrected chi connectivity index (χ0v) is 11.6. The molecule has 0 radical (unpaired) electrons. The Labute approximate surface area is 109 Å². The van der Waals surface area contributed by atoms with E-state index in [0.29, 0.717) is 0 Å². The molecule has 1 heterocycles. The second-order valence-electron chi connectivity index (χ2n) is 4.89. The summed E-state index contributed by atoms with van der Waals surface area (Å²) in [5, 5.41) is 5.36. The SMILES string of the molecule is CCCCOCCCNC1=NCC(C2CC2)S1. The van der Waals surface area contributed by atoms with Gasteiger partial charge >= 0.3 is 0 Å². The molecule has 0 saturated heterocycles. The van der Waals surface area contributed by atoms with Gasteiger partial charge in [-0.3, -0.25) is 4.99 Å². The fraction of sp³-hybridized carbons (Fsp3) is 0.923. The van der Waals surface area contributed by atoms with Gasteiger partial charge in [-0.1, -0.05) is 25.1 Å². The summed E-state index contributed by atoms with van der Waals surface area (Å²) in [5.74, 6) is 0.959. The van der Waals surface area contributed by atoms with Gasteiger partial charge in [0.05, 0.1) is 6.54 Å². The monoisotopic (exact) mass is 256 g/mol. The largest absolute Gasteiger partial charge is 0.381 e. The van der Waals surface area contributed by atoms with Crippen molar-refractivity contribution in [2.75, 3.05) is 26.3 Å². The number of nitrogens with zero attached hydrogens (tertiary/aromatic N) is 1. The summed E-state index contributed by atoms with van der Waals surface area (Å²) in [4.78, 5) is 4.55. The number of thioether (sulfide) groups is 1. The molecule has 2 rings (SSSR count). The number of ether oxygens (including phenoxy) is 1. The molecule has 0 bridgehead atoms. The number of rotatable bonds is 8. The summed E-state index contributed by atoms with van der Waals surface area (Å²) in [5.41, 5.74) is 0. The van der Waals surface area contributed by atoms with Crippen LogP contribution in [0.15, 0.2) is 4.99 Å². The molecular formula is C13H24N2OS. The van der Waals surface area contributed by atoms with E-state index in [4.69, 9.17) is 4.74 Å². The highest BCUT2D eigenvalue weighted by molar-refractivity contribution is 8.14. The lowest BCUT2D eigenvalue weighted by atomic mass is 10.3. The van der Waals surface area contributed by atoms with Gasteiger partial charge in [-0.25, -0.2) is 0 Å². The van der Waals surface area contributed by atoms with E-state index in [2.05, 4.69) is 17.2 Å². The van der Waals surface area contributed by atoms with Crippen molar-refractivity contribution in [3.63, 3.8) is 0 Å². The van der Waals surface area contributed by atoms with Crippen LogP contribution >= 0.6 is 11.8 Å². The van der Waals surface area contributed by atoms with Crippen molar-refractivity contribution in [3.8, 4) is 0 Å². The third-order valence-corrected chi connectivity index (χ3v) is 4.54. The highest BCUT2D eigenvalue weighted by Crippen LogP contribution is 2.41. The molecule has 1 N–H and O–H groups in total. The molecule has 1 unspecified atom stereocenters. The molecule has 0 aromatic carbocycles. The van der Waals surface area contributed by atoms with Crippen LogP contribution in [-0.4, -0.2) is 36.7 Å². The van der Waals surface area contributed by atoms with Crippen molar-refractivity contribution in [2.45, 2.75) is 44.3 Å². The summed E-state index contributed by atoms with van der Waals surface area (Å²) >= 11 is 1.95. The second-order valence-corrected chi connectivity index (χ2v) is 6.11. The first-order chi connectivity index (χ1) is 8.40. The Bertz CT molecular complexity index is 254. The smallest absolute Gasteiger partial charge is 0.156 e. The molecule has 1 aliphatic heterocycles. The van der Waals surface area contributed by atoms with Gasteiger partial charge in [0.25, 0.3) is 0 Å². The quantitative estimate of drug-likeness (QED) is 0.678. The standard InChI is InChI=1S/C13H24N2OS/c1-2-3-8-16-9-4-7-14-13-15-10-12(17-13)11-5-6-11/h11-12H,2-10H2,1H3,(H,14,15). The molecule has 4 heteroatoms. The summed E-state index contributed by atoms with van der Waals surface area (Å²) in [6, 6.07) is 0. The number of hydrogen-bond acceptors (Lipinski definition) is 4. The molecular weight excluding hydrogens is 232 g/mol. The average molecular weight is 256 g/mol. The Morgan fingerprint density at radius 1 is 1.35 bits per heavy atom. The molecule has 17 heavy (non-hydrogen) atoms. The van der Waals surface area contributed by atoms with E-state index in [1.165, 1.54) is 25.7 Å². The zero-order valence-electron chi connectivity index (χ0n) is 10.8. The van der Waals surface area contributed by atoms with Gasteiger partial charge in [0.1, 0.15) is 0 Å². The molecule has 3 nitrogen and oxygen atoms in total. The summed E-state index contributed by atoms with van der Waals surface area (Å²) < 4.78 is 5.52. The molecule has 0 aromatic rings. The number of amidine groups is 1. The fourth-order valence-corrected chi connectivity index (χ4v) is 3.15. The average Bonchev–Trinajstić information content (AvgIpc) is 3.09. The predicted octanol–water partition coefficient (Wildman–Crippen LogP) is 2.66. The van der Waals surface area contributed by atoms with Crippen molar-refractivity contribution in [1.82, 2.24) is 5.32 Å². The van der Waals surface area contributed by atoms with Crippen LogP contribution < -0.4 is 5.32 Å². The van der Waals surface area contributed by atoms with Gasteiger partial charge in [-0.15, -0.1) is 0 Å². The van der Waals surface area contributed by atoms with E-state index in [1.807, 2.05) is 11.8 Å². The van der Waals surface area contributed by atoms with Crippen LogP contribution in [0.2, 0.25) is 0 Å². The maximum atomic E-state index is 5.52. The minimum Gasteiger partial charge on any atom is -0.381 e. The number of nitrogens with one attached hydrogen (secondary N) is 1. The molecule has 2 aliphatic rings. The van der Waals surface area contributed by atoms with E-state index in [9.17, 15) is 0 Å². The lowest BCUT2D eigenvalue weighted by Crippen LogP contribution is -2.22. The van der Waals surface area contributed by atoms with Gasteiger partial charge in [0.15, 0.2) is 5.17 Å². The molecule has 1 saturated carbocycles. The van der Waals surface area contributed by atoms with Crippen molar-refractivity contribution < 1.29 is 4.74 Å². The van der Waals surface area contributed by atoms with Crippen molar-refractivity contribution >= 4 is 16.9 Å². The molecule has 0 amide bonds. The lowest BCUT2D eigenvalue weighted by molar-refractivity contribution is 0.129. The van der Waals surface area contributed by atoms with Crippen molar-refractivity contribution in [1.29, 1.82) is 0 Å². The first kappa shape index (κ1) is 13.2. The first-order valence-electron chi connectivity index (χ1n) is 6.93. The van der Waals surface area contributed by atoms with Crippen LogP contribution in [0.25, 0.3) is 0 Å². The Hall–Kier alpha value is -0.220. The van der Waals surface area contributed by atoms with Crippen LogP contribution in [-0.2, 0) is 4.74 Å². The fourth-order valence-electron chi connectivity index (χ4n) is 1.92. The number of aliphatic imine (C=N–C) groups is 1. The maximum absolute atomic E-state index is 5.52. The molecule has 1 fully saturated rings.